The number of piperidine rings is 1. The molecule has 0 aromatic carbocycles. The normalized spacial score (nSPS) is 18.3. The number of hydrogen-bond acceptors (Lipinski definition) is 3. The molecule has 0 bridgehead atoms. The quantitative estimate of drug-likeness (QED) is 0.705. The summed E-state index contributed by atoms with van der Waals surface area (Å²) in [5.74, 6) is 0.221. The van der Waals surface area contributed by atoms with Gasteiger partial charge in [-0.3, -0.25) is 4.79 Å². The zero-order valence-corrected chi connectivity index (χ0v) is 12.5. The number of methoxy groups -OCH3 is 1. The van der Waals surface area contributed by atoms with Crippen molar-refractivity contribution in [1.29, 1.82) is 0 Å². The number of rotatable bonds is 5. The monoisotopic (exact) mass is 253 g/mol. The molecule has 0 saturated carbocycles. The highest BCUT2D eigenvalue weighted by molar-refractivity contribution is 5.92. The second-order valence-electron chi connectivity index (χ2n) is 5.85. The Balaban J connectivity index is 2.97. The second-order valence-corrected chi connectivity index (χ2v) is 5.85. The summed E-state index contributed by atoms with van der Waals surface area (Å²) < 4.78 is 5.57. The van der Waals surface area contributed by atoms with E-state index in [-0.39, 0.29) is 11.7 Å². The van der Waals surface area contributed by atoms with Crippen LogP contribution >= 0.6 is 0 Å². The van der Waals surface area contributed by atoms with Gasteiger partial charge in [0, 0.05) is 37.9 Å². The van der Waals surface area contributed by atoms with Gasteiger partial charge in [-0.25, -0.2) is 0 Å². The second kappa shape index (κ2) is 6.37. The molecule has 0 aromatic rings. The zero-order valence-electron chi connectivity index (χ0n) is 12.5. The van der Waals surface area contributed by atoms with Gasteiger partial charge in [0.2, 0.25) is 0 Å². The van der Waals surface area contributed by atoms with Crippen LogP contribution in [-0.2, 0) is 9.53 Å². The third-order valence-electron chi connectivity index (χ3n) is 3.67. The van der Waals surface area contributed by atoms with Crippen molar-refractivity contribution in [2.24, 2.45) is 5.92 Å². The average Bonchev–Trinajstić information content (AvgIpc) is 2.36. The molecule has 1 fully saturated rings. The highest BCUT2D eigenvalue weighted by atomic mass is 16.5. The van der Waals surface area contributed by atoms with Crippen LogP contribution in [0.4, 0.5) is 0 Å². The maximum Gasteiger partial charge on any atom is 0.160 e. The Bertz CT molecular complexity index is 312. The van der Waals surface area contributed by atoms with Crippen molar-refractivity contribution in [3.63, 3.8) is 0 Å². The van der Waals surface area contributed by atoms with Crippen LogP contribution in [0.5, 0.6) is 0 Å². The first-order chi connectivity index (χ1) is 8.38. The summed E-state index contributed by atoms with van der Waals surface area (Å²) in [4.78, 5) is 14.3. The van der Waals surface area contributed by atoms with Crippen LogP contribution in [0.3, 0.4) is 0 Å². The van der Waals surface area contributed by atoms with Crippen LogP contribution in [0.25, 0.3) is 0 Å². The van der Waals surface area contributed by atoms with Gasteiger partial charge in [-0.2, -0.15) is 0 Å². The first kappa shape index (κ1) is 15.2. The van der Waals surface area contributed by atoms with E-state index in [1.165, 1.54) is 19.3 Å². The van der Waals surface area contributed by atoms with Crippen molar-refractivity contribution < 1.29 is 9.53 Å². The Morgan fingerprint density at radius 2 is 1.78 bits per heavy atom. The van der Waals surface area contributed by atoms with E-state index in [2.05, 4.69) is 4.90 Å². The van der Waals surface area contributed by atoms with E-state index < -0.39 is 5.60 Å². The smallest absolute Gasteiger partial charge is 0.160 e. The lowest BCUT2D eigenvalue weighted by atomic mass is 9.97. The molecule has 0 spiro atoms. The first-order valence-corrected chi connectivity index (χ1v) is 6.94. The van der Waals surface area contributed by atoms with Crippen LogP contribution in [-0.4, -0.2) is 36.5 Å². The van der Waals surface area contributed by atoms with Crippen LogP contribution in [0.15, 0.2) is 11.8 Å². The molecule has 0 radical (unpaired) electrons. The molecule has 3 nitrogen and oxygen atoms in total. The van der Waals surface area contributed by atoms with Crippen molar-refractivity contribution in [3.8, 4) is 0 Å². The predicted molar refractivity (Wildman–Crippen MR) is 74.4 cm³/mol. The summed E-state index contributed by atoms with van der Waals surface area (Å²) >= 11 is 0. The largest absolute Gasteiger partial charge is 0.373 e. The predicted octanol–water partition coefficient (Wildman–Crippen LogP) is 3.01. The number of nitrogens with zero attached hydrogens (tertiary/aromatic N) is 1. The van der Waals surface area contributed by atoms with Crippen LogP contribution in [0.1, 0.15) is 47.0 Å². The van der Waals surface area contributed by atoms with Crippen LogP contribution in [0.2, 0.25) is 0 Å². The van der Waals surface area contributed by atoms with Gasteiger partial charge in [0.25, 0.3) is 0 Å². The summed E-state index contributed by atoms with van der Waals surface area (Å²) in [5, 5.41) is 0. The minimum Gasteiger partial charge on any atom is -0.373 e. The molecule has 1 aliphatic heterocycles. The van der Waals surface area contributed by atoms with E-state index >= 15 is 0 Å². The zero-order chi connectivity index (χ0) is 13.8. The van der Waals surface area contributed by atoms with Gasteiger partial charge >= 0.3 is 0 Å². The van der Waals surface area contributed by atoms with Crippen LogP contribution in [0, 0.1) is 5.92 Å². The van der Waals surface area contributed by atoms with Gasteiger partial charge in [-0.15, -0.1) is 0 Å². The minimum atomic E-state index is -0.401. The SMILES string of the molecule is COC(C)(C)C(=CC(=O)C(C)C)N1CCCCC1. The van der Waals surface area contributed by atoms with E-state index in [4.69, 9.17) is 4.74 Å². The molecule has 0 N–H and O–H groups in total. The Morgan fingerprint density at radius 3 is 2.22 bits per heavy atom. The highest BCUT2D eigenvalue weighted by Crippen LogP contribution is 2.27. The molecule has 0 amide bonds. The molecule has 0 aliphatic carbocycles. The molecule has 0 atom stereocenters. The fourth-order valence-electron chi connectivity index (χ4n) is 2.19. The maximum absolute atomic E-state index is 12.0. The number of likely N-dealkylation sites (tertiary alicyclic amines) is 1. The Morgan fingerprint density at radius 1 is 1.22 bits per heavy atom. The van der Waals surface area contributed by atoms with Gasteiger partial charge in [0.15, 0.2) is 5.78 Å². The number of carbonyl (C=O) groups excluding carboxylic acids is 1. The fraction of sp³-hybridized carbons (Fsp3) is 0.800. The molecular weight excluding hydrogens is 226 g/mol. The summed E-state index contributed by atoms with van der Waals surface area (Å²) in [7, 11) is 1.71. The van der Waals surface area contributed by atoms with E-state index in [9.17, 15) is 4.79 Å². The van der Waals surface area contributed by atoms with Gasteiger partial charge < -0.3 is 9.64 Å². The number of hydrogen-bond donors (Lipinski definition) is 0. The lowest BCUT2D eigenvalue weighted by Crippen LogP contribution is -2.41. The van der Waals surface area contributed by atoms with E-state index in [1.807, 2.05) is 27.7 Å². The minimum absolute atomic E-state index is 0.0393. The molecule has 1 rings (SSSR count). The molecule has 104 valence electrons. The van der Waals surface area contributed by atoms with Crippen molar-refractivity contribution in [1.82, 2.24) is 4.90 Å². The molecule has 0 unspecified atom stereocenters. The molecule has 1 saturated heterocycles. The van der Waals surface area contributed by atoms with Crippen molar-refractivity contribution in [2.75, 3.05) is 20.2 Å². The summed E-state index contributed by atoms with van der Waals surface area (Å²) in [6, 6.07) is 0. The third-order valence-corrected chi connectivity index (χ3v) is 3.67. The molecule has 0 aromatic heterocycles. The lowest BCUT2D eigenvalue weighted by molar-refractivity contribution is -0.117. The Kier molecular flexibility index (Phi) is 5.39. The van der Waals surface area contributed by atoms with Crippen molar-refractivity contribution >= 4 is 5.78 Å². The van der Waals surface area contributed by atoms with Gasteiger partial charge in [0.05, 0.1) is 0 Å². The Hall–Kier alpha value is -0.830. The molecule has 1 aliphatic rings. The highest BCUT2D eigenvalue weighted by Gasteiger charge is 2.29. The van der Waals surface area contributed by atoms with E-state index in [0.29, 0.717) is 0 Å². The lowest BCUT2D eigenvalue weighted by Gasteiger charge is -2.38. The van der Waals surface area contributed by atoms with E-state index in [1.54, 1.807) is 13.2 Å². The van der Waals surface area contributed by atoms with Crippen molar-refractivity contribution in [2.45, 2.75) is 52.6 Å². The maximum atomic E-state index is 12.0. The molecular formula is C15H27NO2. The van der Waals surface area contributed by atoms with Gasteiger partial charge in [-0.05, 0) is 33.1 Å². The molecule has 3 heteroatoms. The molecule has 1 heterocycles. The van der Waals surface area contributed by atoms with Gasteiger partial charge in [-0.1, -0.05) is 13.8 Å². The third kappa shape index (κ3) is 3.84. The summed E-state index contributed by atoms with van der Waals surface area (Å²) in [6.07, 6.45) is 5.48. The first-order valence-electron chi connectivity index (χ1n) is 6.94. The van der Waals surface area contributed by atoms with Crippen LogP contribution < -0.4 is 0 Å². The Labute approximate surface area is 111 Å². The standard InChI is InChI=1S/C15H27NO2/c1-12(2)13(17)11-14(15(3,4)18-5)16-9-7-6-8-10-16/h11-12H,6-10H2,1-5H3. The number of ether oxygens (including phenoxy) is 1. The number of carbonyl (C=O) groups is 1. The average molecular weight is 253 g/mol. The van der Waals surface area contributed by atoms with Gasteiger partial charge in [0.1, 0.15) is 5.60 Å². The number of allylic oxidation sites excluding steroid dienone is 1. The molecule has 18 heavy (non-hydrogen) atoms. The van der Waals surface area contributed by atoms with Crippen molar-refractivity contribution in [3.05, 3.63) is 11.8 Å². The summed E-state index contributed by atoms with van der Waals surface area (Å²) in [5.41, 5.74) is 0.630. The number of ketones is 1. The summed E-state index contributed by atoms with van der Waals surface area (Å²) in [6.45, 7) is 10.00. The fourth-order valence-corrected chi connectivity index (χ4v) is 2.19. The topological polar surface area (TPSA) is 29.5 Å². The van der Waals surface area contributed by atoms with E-state index in [0.717, 1.165) is 18.8 Å².